The van der Waals surface area contributed by atoms with E-state index in [-0.39, 0.29) is 11.9 Å². The molecule has 1 aliphatic heterocycles. The highest BCUT2D eigenvalue weighted by molar-refractivity contribution is 5.94. The second-order valence-corrected chi connectivity index (χ2v) is 4.10. The van der Waals surface area contributed by atoms with Crippen LogP contribution in [0.25, 0.3) is 0 Å². The van der Waals surface area contributed by atoms with Crippen LogP contribution in [0.15, 0.2) is 30.7 Å². The van der Waals surface area contributed by atoms with Crippen molar-refractivity contribution in [3.05, 3.63) is 47.5 Å². The maximum absolute atomic E-state index is 12.2. The summed E-state index contributed by atoms with van der Waals surface area (Å²) < 4.78 is 0. The van der Waals surface area contributed by atoms with Gasteiger partial charge in [0.15, 0.2) is 0 Å². The summed E-state index contributed by atoms with van der Waals surface area (Å²) in [6, 6.07) is 3.40. The zero-order chi connectivity index (χ0) is 12.5. The number of anilines is 1. The third-order valence-electron chi connectivity index (χ3n) is 2.89. The van der Waals surface area contributed by atoms with Crippen LogP contribution in [-0.4, -0.2) is 25.8 Å². The Morgan fingerprint density at radius 2 is 2.06 bits per heavy atom. The first-order chi connectivity index (χ1) is 8.74. The number of hydrogen-bond acceptors (Lipinski definition) is 5. The van der Waals surface area contributed by atoms with Gasteiger partial charge >= 0.3 is 0 Å². The molecule has 3 rings (SSSR count). The number of pyridine rings is 1. The van der Waals surface area contributed by atoms with Gasteiger partial charge in [0.1, 0.15) is 0 Å². The molecule has 0 aliphatic carbocycles. The van der Waals surface area contributed by atoms with E-state index in [0.717, 1.165) is 11.3 Å². The van der Waals surface area contributed by atoms with Crippen LogP contribution >= 0.6 is 0 Å². The molecular formula is C12H11N5O. The summed E-state index contributed by atoms with van der Waals surface area (Å²) in [7, 11) is 0. The first-order valence-corrected chi connectivity index (χ1v) is 5.53. The molecule has 1 aliphatic rings. The summed E-state index contributed by atoms with van der Waals surface area (Å²) in [4.78, 5) is 25.9. The van der Waals surface area contributed by atoms with Crippen molar-refractivity contribution >= 4 is 11.9 Å². The van der Waals surface area contributed by atoms with Gasteiger partial charge in [-0.2, -0.15) is 0 Å². The molecule has 0 bridgehead atoms. The van der Waals surface area contributed by atoms with Crippen molar-refractivity contribution in [3.8, 4) is 0 Å². The lowest BCUT2D eigenvalue weighted by Gasteiger charge is -2.14. The fourth-order valence-corrected chi connectivity index (χ4v) is 1.99. The molecule has 6 heteroatoms. The maximum atomic E-state index is 12.2. The van der Waals surface area contributed by atoms with Gasteiger partial charge in [0.05, 0.1) is 12.2 Å². The number of nitrogen functional groups attached to an aromatic ring is 1. The lowest BCUT2D eigenvalue weighted by atomic mass is 10.2. The molecule has 0 saturated heterocycles. The molecule has 2 aromatic heterocycles. The van der Waals surface area contributed by atoms with E-state index in [1.165, 1.54) is 0 Å². The number of aromatic nitrogens is 3. The first kappa shape index (κ1) is 10.6. The molecule has 1 amide bonds. The minimum atomic E-state index is -0.0334. The molecule has 18 heavy (non-hydrogen) atoms. The highest BCUT2D eigenvalue weighted by Crippen LogP contribution is 2.22. The average Bonchev–Trinajstić information content (AvgIpc) is 2.81. The fourth-order valence-electron chi connectivity index (χ4n) is 1.99. The zero-order valence-corrected chi connectivity index (χ0v) is 9.58. The molecule has 0 saturated carbocycles. The van der Waals surface area contributed by atoms with E-state index >= 15 is 0 Å². The minimum Gasteiger partial charge on any atom is -0.368 e. The highest BCUT2D eigenvalue weighted by Gasteiger charge is 2.25. The predicted octanol–water partition coefficient (Wildman–Crippen LogP) is 0.610. The van der Waals surface area contributed by atoms with Crippen LogP contribution in [0.4, 0.5) is 5.95 Å². The van der Waals surface area contributed by atoms with Crippen molar-refractivity contribution in [2.24, 2.45) is 0 Å². The molecule has 6 nitrogen and oxygen atoms in total. The molecule has 0 fully saturated rings. The Labute approximate surface area is 103 Å². The van der Waals surface area contributed by atoms with Crippen molar-refractivity contribution in [2.75, 3.05) is 5.73 Å². The Bertz CT molecular complexity index is 599. The number of fused-ring (bicyclic) bond motifs is 1. The Kier molecular flexibility index (Phi) is 2.40. The number of amides is 1. The Hall–Kier alpha value is -2.50. The molecule has 0 atom stereocenters. The van der Waals surface area contributed by atoms with Crippen LogP contribution in [0.3, 0.4) is 0 Å². The predicted molar refractivity (Wildman–Crippen MR) is 64.3 cm³/mol. The van der Waals surface area contributed by atoms with Crippen LogP contribution in [-0.2, 0) is 13.1 Å². The van der Waals surface area contributed by atoms with Gasteiger partial charge in [0.2, 0.25) is 5.95 Å². The molecule has 2 aromatic rings. The van der Waals surface area contributed by atoms with Crippen molar-refractivity contribution in [1.82, 2.24) is 19.9 Å². The van der Waals surface area contributed by atoms with Gasteiger partial charge in [-0.3, -0.25) is 9.78 Å². The van der Waals surface area contributed by atoms with Gasteiger partial charge in [-0.1, -0.05) is 0 Å². The molecule has 90 valence electrons. The van der Waals surface area contributed by atoms with Gasteiger partial charge in [-0.25, -0.2) is 9.97 Å². The topological polar surface area (TPSA) is 85.0 Å². The summed E-state index contributed by atoms with van der Waals surface area (Å²) in [5.74, 6) is 0.209. The normalized spacial score (nSPS) is 13.4. The molecule has 2 N–H and O–H groups in total. The van der Waals surface area contributed by atoms with Crippen LogP contribution in [0.5, 0.6) is 0 Å². The second kappa shape index (κ2) is 4.06. The van der Waals surface area contributed by atoms with Crippen molar-refractivity contribution in [3.63, 3.8) is 0 Å². The summed E-state index contributed by atoms with van der Waals surface area (Å²) in [5, 5.41) is 0. The molecule has 0 radical (unpaired) electrons. The number of nitrogens with zero attached hydrogens (tertiary/aromatic N) is 4. The summed E-state index contributed by atoms with van der Waals surface area (Å²) >= 11 is 0. The Morgan fingerprint density at radius 1 is 1.28 bits per heavy atom. The second-order valence-electron chi connectivity index (χ2n) is 4.10. The molecule has 3 heterocycles. The number of carbonyl (C=O) groups excluding carboxylic acids is 1. The molecule has 0 aromatic carbocycles. The molecule has 0 spiro atoms. The number of rotatable bonds is 1. The molecule has 0 unspecified atom stereocenters. The van der Waals surface area contributed by atoms with E-state index in [1.54, 1.807) is 35.6 Å². The first-order valence-electron chi connectivity index (χ1n) is 5.53. The summed E-state index contributed by atoms with van der Waals surface area (Å²) in [5.41, 5.74) is 7.93. The van der Waals surface area contributed by atoms with Crippen molar-refractivity contribution < 1.29 is 4.79 Å². The van der Waals surface area contributed by atoms with Crippen molar-refractivity contribution in [1.29, 1.82) is 0 Å². The zero-order valence-electron chi connectivity index (χ0n) is 9.58. The average molecular weight is 241 g/mol. The minimum absolute atomic E-state index is 0.0334. The van der Waals surface area contributed by atoms with Gasteiger partial charge in [0.25, 0.3) is 5.91 Å². The number of hydrogen-bond donors (Lipinski definition) is 1. The Balaban J connectivity index is 1.84. The standard InChI is InChI=1S/C12H11N5O/c13-12-15-5-9-6-17(7-10(9)16-12)11(18)8-1-3-14-4-2-8/h1-5H,6-7H2,(H2,13,15,16). The molecular weight excluding hydrogens is 230 g/mol. The lowest BCUT2D eigenvalue weighted by Crippen LogP contribution is -2.25. The van der Waals surface area contributed by atoms with Gasteiger partial charge in [-0.05, 0) is 12.1 Å². The van der Waals surface area contributed by atoms with Crippen LogP contribution < -0.4 is 5.73 Å². The number of carbonyl (C=O) groups is 1. The smallest absolute Gasteiger partial charge is 0.254 e. The van der Waals surface area contributed by atoms with Gasteiger partial charge in [0, 0.05) is 36.3 Å². The van der Waals surface area contributed by atoms with E-state index in [0.29, 0.717) is 18.7 Å². The van der Waals surface area contributed by atoms with Gasteiger partial charge in [-0.15, -0.1) is 0 Å². The third kappa shape index (κ3) is 1.77. The van der Waals surface area contributed by atoms with E-state index in [4.69, 9.17) is 5.73 Å². The highest BCUT2D eigenvalue weighted by atomic mass is 16.2. The SMILES string of the molecule is Nc1ncc2c(n1)CN(C(=O)c1ccncc1)C2. The van der Waals surface area contributed by atoms with Gasteiger partial charge < -0.3 is 10.6 Å². The van der Waals surface area contributed by atoms with Crippen LogP contribution in [0.1, 0.15) is 21.6 Å². The van der Waals surface area contributed by atoms with Crippen LogP contribution in [0.2, 0.25) is 0 Å². The fraction of sp³-hybridized carbons (Fsp3) is 0.167. The summed E-state index contributed by atoms with van der Waals surface area (Å²) in [6.45, 7) is 1.000. The Morgan fingerprint density at radius 3 is 2.83 bits per heavy atom. The van der Waals surface area contributed by atoms with E-state index in [1.807, 2.05) is 0 Å². The number of nitrogens with two attached hydrogens (primary N) is 1. The quantitative estimate of drug-likeness (QED) is 0.790. The van der Waals surface area contributed by atoms with Crippen LogP contribution in [0, 0.1) is 0 Å². The monoisotopic (exact) mass is 241 g/mol. The van der Waals surface area contributed by atoms with E-state index in [9.17, 15) is 4.79 Å². The maximum Gasteiger partial charge on any atom is 0.254 e. The van der Waals surface area contributed by atoms with E-state index in [2.05, 4.69) is 15.0 Å². The summed E-state index contributed by atoms with van der Waals surface area (Å²) in [6.07, 6.45) is 4.89. The lowest BCUT2D eigenvalue weighted by molar-refractivity contribution is 0.0750. The van der Waals surface area contributed by atoms with Crippen molar-refractivity contribution in [2.45, 2.75) is 13.1 Å². The third-order valence-corrected chi connectivity index (χ3v) is 2.89. The van der Waals surface area contributed by atoms with E-state index < -0.39 is 0 Å². The largest absolute Gasteiger partial charge is 0.368 e.